The Morgan fingerprint density at radius 1 is 1.10 bits per heavy atom. The molecule has 0 saturated carbocycles. The molecule has 20 heavy (non-hydrogen) atoms. The fourth-order valence-electron chi connectivity index (χ4n) is 1.56. The van der Waals surface area contributed by atoms with E-state index in [1.54, 1.807) is 12.1 Å². The van der Waals surface area contributed by atoms with E-state index in [1.807, 2.05) is 0 Å². The lowest BCUT2D eigenvalue weighted by atomic mass is 10.2. The van der Waals surface area contributed by atoms with Gasteiger partial charge in [0.25, 0.3) is 5.91 Å². The second-order valence-corrected chi connectivity index (χ2v) is 5.39. The molecule has 0 aliphatic rings. The lowest BCUT2D eigenvalue weighted by Crippen LogP contribution is -2.12. The van der Waals surface area contributed by atoms with E-state index in [0.717, 1.165) is 12.1 Å². The molecule has 7 heteroatoms. The maximum absolute atomic E-state index is 12.9. The largest absolute Gasteiger partial charge is 0.399 e. The van der Waals surface area contributed by atoms with Crippen LogP contribution in [0, 0.1) is 0 Å². The molecule has 0 aromatic heterocycles. The molecular weight excluding hydrogens is 283 g/mol. The number of anilines is 2. The molecule has 0 unspecified atom stereocenters. The van der Waals surface area contributed by atoms with Crippen LogP contribution in [0.3, 0.4) is 0 Å². The number of nitrogens with one attached hydrogen (secondary N) is 1. The second kappa shape index (κ2) is 5.30. The molecule has 0 bridgehead atoms. The summed E-state index contributed by atoms with van der Waals surface area (Å²) in [5.41, 5.74) is 6.57. The van der Waals surface area contributed by atoms with E-state index in [4.69, 9.17) is 5.73 Å². The van der Waals surface area contributed by atoms with Crippen molar-refractivity contribution in [3.05, 3.63) is 54.1 Å². The quantitative estimate of drug-likeness (QED) is 0.670. The van der Waals surface area contributed by atoms with Crippen molar-refractivity contribution in [2.24, 2.45) is 0 Å². The monoisotopic (exact) mass is 294 g/mol. The number of carbonyl (C=O) groups is 1. The van der Waals surface area contributed by atoms with Crippen molar-refractivity contribution in [3.63, 3.8) is 0 Å². The van der Waals surface area contributed by atoms with E-state index in [2.05, 4.69) is 5.32 Å². The fourth-order valence-corrected chi connectivity index (χ4v) is 2.07. The number of nitrogens with two attached hydrogens (primary N) is 1. The average Bonchev–Trinajstić information content (AvgIpc) is 2.38. The normalized spacial score (nSPS) is 11.1. The third-order valence-electron chi connectivity index (χ3n) is 2.55. The number of hydrogen-bond acceptors (Lipinski definition) is 4. The Labute approximate surface area is 115 Å². The first-order chi connectivity index (χ1) is 9.36. The zero-order valence-electron chi connectivity index (χ0n) is 10.2. The molecule has 2 aromatic rings. The lowest BCUT2D eigenvalue weighted by Gasteiger charge is -2.06. The number of rotatable bonds is 3. The molecule has 0 aliphatic carbocycles. The van der Waals surface area contributed by atoms with Crippen LogP contribution in [0.25, 0.3) is 0 Å². The molecule has 2 rings (SSSR count). The summed E-state index contributed by atoms with van der Waals surface area (Å²) < 4.78 is 34.4. The van der Waals surface area contributed by atoms with Gasteiger partial charge in [-0.2, -0.15) is 8.42 Å². The first-order valence-corrected chi connectivity index (χ1v) is 6.96. The molecule has 1 amide bonds. The molecule has 0 heterocycles. The maximum atomic E-state index is 12.9. The second-order valence-electron chi connectivity index (χ2n) is 4.04. The van der Waals surface area contributed by atoms with Crippen LogP contribution < -0.4 is 11.1 Å². The number of halogens is 1. The van der Waals surface area contributed by atoms with Gasteiger partial charge < -0.3 is 11.1 Å². The molecule has 0 saturated heterocycles. The van der Waals surface area contributed by atoms with Crippen LogP contribution in [-0.4, -0.2) is 14.3 Å². The topological polar surface area (TPSA) is 89.3 Å². The standard InChI is InChI=1S/C13H11FN2O3S/c14-20(18,19)12-3-1-2-11(8-12)16-13(17)9-4-6-10(15)7-5-9/h1-8H,15H2,(H,16,17). The average molecular weight is 294 g/mol. The molecule has 0 atom stereocenters. The van der Waals surface area contributed by atoms with Crippen molar-refractivity contribution in [1.29, 1.82) is 0 Å². The molecule has 0 spiro atoms. The summed E-state index contributed by atoms with van der Waals surface area (Å²) in [6.07, 6.45) is 0. The molecule has 0 aliphatic heterocycles. The summed E-state index contributed by atoms with van der Waals surface area (Å²) >= 11 is 0. The third-order valence-corrected chi connectivity index (χ3v) is 3.36. The first kappa shape index (κ1) is 14.0. The number of benzene rings is 2. The summed E-state index contributed by atoms with van der Waals surface area (Å²) in [5.74, 6) is -0.446. The summed E-state index contributed by atoms with van der Waals surface area (Å²) in [5, 5.41) is 2.48. The SMILES string of the molecule is Nc1ccc(C(=O)Nc2cccc(S(=O)(=O)F)c2)cc1. The van der Waals surface area contributed by atoms with Gasteiger partial charge in [0.15, 0.2) is 0 Å². The number of amides is 1. The van der Waals surface area contributed by atoms with Crippen LogP contribution >= 0.6 is 0 Å². The highest BCUT2D eigenvalue weighted by atomic mass is 32.3. The van der Waals surface area contributed by atoms with E-state index in [-0.39, 0.29) is 5.69 Å². The Morgan fingerprint density at radius 3 is 2.35 bits per heavy atom. The van der Waals surface area contributed by atoms with Crippen molar-refractivity contribution < 1.29 is 17.1 Å². The van der Waals surface area contributed by atoms with Gasteiger partial charge in [-0.3, -0.25) is 4.79 Å². The predicted molar refractivity (Wildman–Crippen MR) is 73.5 cm³/mol. The van der Waals surface area contributed by atoms with Gasteiger partial charge >= 0.3 is 10.2 Å². The number of carbonyl (C=O) groups excluding carboxylic acids is 1. The van der Waals surface area contributed by atoms with E-state index >= 15 is 0 Å². The van der Waals surface area contributed by atoms with Crippen LogP contribution in [0.15, 0.2) is 53.4 Å². The Balaban J connectivity index is 2.22. The van der Waals surface area contributed by atoms with Gasteiger partial charge in [-0.05, 0) is 42.5 Å². The first-order valence-electron chi connectivity index (χ1n) is 5.58. The van der Waals surface area contributed by atoms with Crippen molar-refractivity contribution in [3.8, 4) is 0 Å². The summed E-state index contributed by atoms with van der Waals surface area (Å²) in [4.78, 5) is 11.4. The Morgan fingerprint density at radius 2 is 1.75 bits per heavy atom. The molecule has 2 aromatic carbocycles. The maximum Gasteiger partial charge on any atom is 0.332 e. The van der Waals surface area contributed by atoms with Crippen molar-refractivity contribution in [1.82, 2.24) is 0 Å². The summed E-state index contributed by atoms with van der Waals surface area (Å²) in [6.45, 7) is 0. The van der Waals surface area contributed by atoms with E-state index in [1.165, 1.54) is 24.3 Å². The Bertz CT molecular complexity index is 742. The molecule has 104 valence electrons. The van der Waals surface area contributed by atoms with Gasteiger partial charge in [-0.15, -0.1) is 3.89 Å². The highest BCUT2D eigenvalue weighted by Gasteiger charge is 2.13. The van der Waals surface area contributed by atoms with Crippen LogP contribution in [0.5, 0.6) is 0 Å². The van der Waals surface area contributed by atoms with E-state index in [0.29, 0.717) is 11.3 Å². The zero-order valence-corrected chi connectivity index (χ0v) is 11.0. The number of hydrogen-bond donors (Lipinski definition) is 2. The van der Waals surface area contributed by atoms with Crippen LogP contribution in [0.2, 0.25) is 0 Å². The number of nitrogen functional groups attached to an aromatic ring is 1. The van der Waals surface area contributed by atoms with Crippen LogP contribution in [0.4, 0.5) is 15.3 Å². The molecule has 3 N–H and O–H groups in total. The molecule has 0 radical (unpaired) electrons. The minimum atomic E-state index is -4.80. The fraction of sp³-hybridized carbons (Fsp3) is 0. The zero-order chi connectivity index (χ0) is 14.8. The van der Waals surface area contributed by atoms with Crippen molar-refractivity contribution in [2.75, 3.05) is 11.1 Å². The summed E-state index contributed by atoms with van der Waals surface area (Å²) in [7, 11) is -4.80. The lowest BCUT2D eigenvalue weighted by molar-refractivity contribution is 0.102. The highest BCUT2D eigenvalue weighted by Crippen LogP contribution is 2.18. The molecule has 5 nitrogen and oxygen atoms in total. The minimum absolute atomic E-state index is 0.186. The third kappa shape index (κ3) is 3.33. The Kier molecular flexibility index (Phi) is 3.71. The Hall–Kier alpha value is -2.41. The van der Waals surface area contributed by atoms with Crippen molar-refractivity contribution >= 4 is 27.5 Å². The van der Waals surface area contributed by atoms with Crippen LogP contribution in [0.1, 0.15) is 10.4 Å². The van der Waals surface area contributed by atoms with Crippen molar-refractivity contribution in [2.45, 2.75) is 4.90 Å². The smallest absolute Gasteiger partial charge is 0.332 e. The van der Waals surface area contributed by atoms with Gasteiger partial charge in [0.05, 0.1) is 0 Å². The summed E-state index contributed by atoms with van der Waals surface area (Å²) in [6, 6.07) is 11.1. The van der Waals surface area contributed by atoms with E-state index in [9.17, 15) is 17.1 Å². The highest BCUT2D eigenvalue weighted by molar-refractivity contribution is 7.86. The predicted octanol–water partition coefficient (Wildman–Crippen LogP) is 2.18. The molecule has 0 fully saturated rings. The molecular formula is C13H11FN2O3S. The minimum Gasteiger partial charge on any atom is -0.399 e. The van der Waals surface area contributed by atoms with E-state index < -0.39 is 21.0 Å². The van der Waals surface area contributed by atoms with Gasteiger partial charge in [0.2, 0.25) is 0 Å². The van der Waals surface area contributed by atoms with Gasteiger partial charge in [-0.1, -0.05) is 6.07 Å². The van der Waals surface area contributed by atoms with Crippen LogP contribution in [-0.2, 0) is 10.2 Å². The van der Waals surface area contributed by atoms with Gasteiger partial charge in [0, 0.05) is 16.9 Å². The van der Waals surface area contributed by atoms with Gasteiger partial charge in [-0.25, -0.2) is 0 Å². The van der Waals surface area contributed by atoms with Gasteiger partial charge in [0.1, 0.15) is 4.90 Å².